The number of methoxy groups -OCH3 is 1. The number of carbonyl (C=O) groups is 4. The third-order valence-electron chi connectivity index (χ3n) is 8.05. The molecule has 0 spiro atoms. The van der Waals surface area contributed by atoms with Gasteiger partial charge in [0.05, 0.1) is 30.1 Å². The van der Waals surface area contributed by atoms with Crippen LogP contribution in [0.1, 0.15) is 56.9 Å². The van der Waals surface area contributed by atoms with Gasteiger partial charge in [0.1, 0.15) is 6.04 Å². The number of likely N-dealkylation sites (tertiary alicyclic amines) is 1. The van der Waals surface area contributed by atoms with Gasteiger partial charge in [0.25, 0.3) is 17.7 Å². The molecule has 4 amide bonds. The highest BCUT2D eigenvalue weighted by molar-refractivity contribution is 6.08. The lowest BCUT2D eigenvalue weighted by Crippen LogP contribution is -2.37. The summed E-state index contributed by atoms with van der Waals surface area (Å²) in [5, 5.41) is 28.6. The Morgan fingerprint density at radius 1 is 0.977 bits per heavy atom. The van der Waals surface area contributed by atoms with Gasteiger partial charge in [-0.25, -0.2) is 0 Å². The number of nitriles is 1. The van der Waals surface area contributed by atoms with E-state index in [-0.39, 0.29) is 52.3 Å². The summed E-state index contributed by atoms with van der Waals surface area (Å²) < 4.78 is 5.60. The fraction of sp³-hybridized carbons (Fsp3) is 0.323. The van der Waals surface area contributed by atoms with E-state index in [1.165, 1.54) is 20.2 Å². The molecule has 0 radical (unpaired) electrons. The number of fused-ring (bicyclic) bond motifs is 1. The average molecular weight is 595 g/mol. The maximum Gasteiger partial charge on any atom is 0.273 e. The van der Waals surface area contributed by atoms with E-state index in [4.69, 9.17) is 4.74 Å². The Balaban J connectivity index is 1.20. The predicted molar refractivity (Wildman–Crippen MR) is 160 cm³/mol. The Bertz CT molecular complexity index is 1700. The lowest BCUT2D eigenvalue weighted by molar-refractivity contribution is -0.117. The number of hydrogen-bond donors (Lipinski definition) is 4. The number of amides is 4. The van der Waals surface area contributed by atoms with Crippen LogP contribution in [0.15, 0.2) is 48.5 Å². The quantitative estimate of drug-likeness (QED) is 0.289. The van der Waals surface area contributed by atoms with Crippen molar-refractivity contribution < 1.29 is 23.9 Å². The van der Waals surface area contributed by atoms with E-state index >= 15 is 0 Å². The van der Waals surface area contributed by atoms with E-state index in [1.807, 2.05) is 0 Å². The monoisotopic (exact) mass is 594 g/mol. The van der Waals surface area contributed by atoms with Crippen LogP contribution < -0.4 is 26.0 Å². The first-order valence-electron chi connectivity index (χ1n) is 14.3. The third kappa shape index (κ3) is 5.61. The van der Waals surface area contributed by atoms with Crippen LogP contribution in [0.5, 0.6) is 5.75 Å². The average Bonchev–Trinajstić information content (AvgIpc) is 3.98. The number of hydrogen-bond acceptors (Lipinski definition) is 9. The number of nitrogens with zero attached hydrogens (tertiary/aromatic N) is 4. The normalized spacial score (nSPS) is 19.7. The first-order valence-corrected chi connectivity index (χ1v) is 14.3. The number of carbonyl (C=O) groups excluding carboxylic acids is 4. The zero-order valence-electron chi connectivity index (χ0n) is 24.1. The van der Waals surface area contributed by atoms with Gasteiger partial charge in [-0.3, -0.25) is 19.2 Å². The zero-order chi connectivity index (χ0) is 31.0. The van der Waals surface area contributed by atoms with Crippen LogP contribution in [0.2, 0.25) is 0 Å². The van der Waals surface area contributed by atoms with Gasteiger partial charge in [-0.05, 0) is 68.0 Å². The summed E-state index contributed by atoms with van der Waals surface area (Å²) in [6, 6.07) is 14.9. The molecule has 1 aliphatic heterocycles. The summed E-state index contributed by atoms with van der Waals surface area (Å²) in [7, 11) is 2.88. The molecular formula is C31H30N8O5. The van der Waals surface area contributed by atoms with Gasteiger partial charge >= 0.3 is 0 Å². The molecule has 13 heteroatoms. The molecule has 1 saturated heterocycles. The van der Waals surface area contributed by atoms with Crippen molar-refractivity contribution in [2.45, 2.75) is 37.8 Å². The number of ether oxygens (including phenoxy) is 1. The largest absolute Gasteiger partial charge is 0.494 e. The number of piperidine rings is 1. The van der Waals surface area contributed by atoms with Crippen molar-refractivity contribution in [1.29, 1.82) is 5.26 Å². The Hall–Kier alpha value is -5.51. The molecule has 2 aromatic carbocycles. The highest BCUT2D eigenvalue weighted by Gasteiger charge is 2.54. The summed E-state index contributed by atoms with van der Waals surface area (Å²) >= 11 is 0. The van der Waals surface area contributed by atoms with Crippen molar-refractivity contribution in [2.24, 2.45) is 11.8 Å². The van der Waals surface area contributed by atoms with Crippen molar-refractivity contribution in [3.05, 3.63) is 65.4 Å². The third-order valence-corrected chi connectivity index (χ3v) is 8.05. The van der Waals surface area contributed by atoms with E-state index in [9.17, 15) is 24.4 Å². The van der Waals surface area contributed by atoms with Crippen molar-refractivity contribution in [2.75, 3.05) is 30.1 Å². The lowest BCUT2D eigenvalue weighted by Gasteiger charge is -2.22. The van der Waals surface area contributed by atoms with Crippen LogP contribution in [0, 0.1) is 23.2 Å². The molecule has 3 aromatic rings. The Morgan fingerprint density at radius 3 is 2.43 bits per heavy atom. The summed E-state index contributed by atoms with van der Waals surface area (Å²) in [4.78, 5) is 52.9. The van der Waals surface area contributed by atoms with Crippen molar-refractivity contribution in [3.63, 3.8) is 0 Å². The fourth-order valence-electron chi connectivity index (χ4n) is 5.50. The van der Waals surface area contributed by atoms with Gasteiger partial charge in [-0.2, -0.15) is 5.26 Å². The smallest absolute Gasteiger partial charge is 0.273 e. The van der Waals surface area contributed by atoms with Gasteiger partial charge in [-0.1, -0.05) is 6.07 Å². The molecule has 3 aliphatic rings. The van der Waals surface area contributed by atoms with Crippen LogP contribution in [0.4, 0.5) is 22.9 Å². The molecule has 13 nitrogen and oxygen atoms in total. The summed E-state index contributed by atoms with van der Waals surface area (Å²) in [6.45, 7) is 0. The first-order chi connectivity index (χ1) is 21.3. The van der Waals surface area contributed by atoms with Crippen LogP contribution >= 0.6 is 0 Å². The van der Waals surface area contributed by atoms with E-state index in [0.717, 1.165) is 25.7 Å². The van der Waals surface area contributed by atoms with Crippen LogP contribution in [0.3, 0.4) is 0 Å². The molecule has 224 valence electrons. The Kier molecular flexibility index (Phi) is 7.57. The molecule has 2 aliphatic carbocycles. The first kappa shape index (κ1) is 28.6. The van der Waals surface area contributed by atoms with Crippen LogP contribution in [-0.2, 0) is 4.79 Å². The fourth-order valence-corrected chi connectivity index (χ4v) is 5.50. The minimum Gasteiger partial charge on any atom is -0.494 e. The molecule has 6 rings (SSSR count). The van der Waals surface area contributed by atoms with Crippen LogP contribution in [-0.4, -0.2) is 65.0 Å². The summed E-state index contributed by atoms with van der Waals surface area (Å²) in [5.41, 5.74) is 1.72. The predicted octanol–water partition coefficient (Wildman–Crippen LogP) is 3.32. The van der Waals surface area contributed by atoms with E-state index in [0.29, 0.717) is 22.9 Å². The highest BCUT2D eigenvalue weighted by Crippen LogP contribution is 2.48. The maximum atomic E-state index is 13.4. The summed E-state index contributed by atoms with van der Waals surface area (Å²) in [6.07, 6.45) is 3.30. The van der Waals surface area contributed by atoms with E-state index in [1.54, 1.807) is 47.4 Å². The number of anilines is 4. The van der Waals surface area contributed by atoms with Crippen molar-refractivity contribution >= 4 is 46.5 Å². The number of rotatable bonds is 9. The molecule has 4 N–H and O–H groups in total. The molecular weight excluding hydrogens is 564 g/mol. The Labute approximate surface area is 253 Å². The molecule has 44 heavy (non-hydrogen) atoms. The van der Waals surface area contributed by atoms with Gasteiger partial charge in [-0.15, -0.1) is 10.2 Å². The topological polar surface area (TPSA) is 178 Å². The van der Waals surface area contributed by atoms with Crippen LogP contribution in [0.25, 0.3) is 0 Å². The molecule has 0 unspecified atom stereocenters. The number of nitrogens with one attached hydrogen (secondary N) is 4. The molecule has 3 atom stereocenters. The minimum atomic E-state index is -0.500. The van der Waals surface area contributed by atoms with Crippen molar-refractivity contribution in [3.8, 4) is 11.8 Å². The van der Waals surface area contributed by atoms with Gasteiger partial charge in [0.15, 0.2) is 17.3 Å². The molecule has 1 aromatic heterocycles. The van der Waals surface area contributed by atoms with E-state index < -0.39 is 17.9 Å². The second-order valence-corrected chi connectivity index (χ2v) is 11.0. The molecule has 3 fully saturated rings. The van der Waals surface area contributed by atoms with E-state index in [2.05, 4.69) is 37.5 Å². The maximum absolute atomic E-state index is 13.4. The van der Waals surface area contributed by atoms with Gasteiger partial charge < -0.3 is 30.9 Å². The molecule has 2 saturated carbocycles. The van der Waals surface area contributed by atoms with Gasteiger partial charge in [0.2, 0.25) is 5.91 Å². The number of benzene rings is 2. The lowest BCUT2D eigenvalue weighted by atomic mass is 10.1. The summed E-state index contributed by atoms with van der Waals surface area (Å²) in [5.74, 6) is -0.561. The molecule has 0 bridgehead atoms. The van der Waals surface area contributed by atoms with Gasteiger partial charge in [0, 0.05) is 36.3 Å². The highest BCUT2D eigenvalue weighted by atomic mass is 16.5. The zero-order valence-corrected chi connectivity index (χ0v) is 24.1. The SMILES string of the molecule is CNC(=O)c1nnc(NC(=O)C2CC2)cc1Nc1cccc(C(=O)Nc2ccc(C(=O)N3[C@H](C#N)C[C@@H]4C[C@@H]43)cc2)c1OC. The standard InChI is InChI=1S/C31H30N8O5/c1-33-30(42)26-23(14-25(37-38-26)36-28(40)16-6-7-16)35-22-5-3-4-21(27(22)44-2)29(41)34-19-10-8-17(9-11-19)31(43)39-20(15-32)12-18-13-24(18)39/h3-5,8-11,14,16,18,20,24H,6-7,12-13H2,1-2H3,(H,33,42)(H,34,41)(H2,35,36,37,40)/t18-,20+,24+/m1/s1. The molecule has 2 heterocycles. The second kappa shape index (κ2) is 11.6. The number of aromatic nitrogens is 2. The minimum absolute atomic E-state index is 0.0179. The Morgan fingerprint density at radius 2 is 1.75 bits per heavy atom. The van der Waals surface area contributed by atoms with Crippen molar-refractivity contribution in [1.82, 2.24) is 20.4 Å². The number of para-hydroxylation sites is 1. The second-order valence-electron chi connectivity index (χ2n) is 11.0.